The summed E-state index contributed by atoms with van der Waals surface area (Å²) in [7, 11) is 0. The Hall–Kier alpha value is -1.02. The molecule has 1 N–H and O–H groups in total. The highest BCUT2D eigenvalue weighted by Crippen LogP contribution is 2.47. The monoisotopic (exact) mass is 228 g/mol. The van der Waals surface area contributed by atoms with Gasteiger partial charge >= 0.3 is 0 Å². The van der Waals surface area contributed by atoms with Gasteiger partial charge in [-0.2, -0.15) is 0 Å². The average Bonchev–Trinajstić information content (AvgIpc) is 3.18. The summed E-state index contributed by atoms with van der Waals surface area (Å²) >= 11 is 0. The molecule has 1 atom stereocenters. The van der Waals surface area contributed by atoms with Crippen LogP contribution in [0.1, 0.15) is 25.7 Å². The van der Waals surface area contributed by atoms with Crippen molar-refractivity contribution in [1.29, 1.82) is 0 Å². The van der Waals surface area contributed by atoms with Crippen LogP contribution in [-0.2, 0) is 0 Å². The fourth-order valence-corrected chi connectivity index (χ4v) is 3.57. The van der Waals surface area contributed by atoms with Gasteiger partial charge in [0.1, 0.15) is 0 Å². The van der Waals surface area contributed by atoms with Gasteiger partial charge in [0.25, 0.3) is 0 Å². The van der Waals surface area contributed by atoms with Crippen molar-refractivity contribution >= 4 is 0 Å². The largest absolute Gasteiger partial charge is 0.347 e. The molecule has 4 rings (SSSR count). The molecule has 2 aliphatic carbocycles. The van der Waals surface area contributed by atoms with E-state index in [9.17, 15) is 0 Å². The molecule has 1 saturated carbocycles. The molecule has 4 aliphatic rings. The van der Waals surface area contributed by atoms with Crippen LogP contribution in [-0.4, -0.2) is 24.5 Å². The zero-order valence-electron chi connectivity index (χ0n) is 10.3. The van der Waals surface area contributed by atoms with Gasteiger partial charge in [0.15, 0.2) is 0 Å². The number of allylic oxidation sites excluding steroid dienone is 3. The molecular formula is C15H20N2. The lowest BCUT2D eigenvalue weighted by Crippen LogP contribution is -2.28. The van der Waals surface area contributed by atoms with E-state index in [4.69, 9.17) is 0 Å². The Kier molecular flexibility index (Phi) is 2.19. The summed E-state index contributed by atoms with van der Waals surface area (Å²) < 4.78 is 0. The minimum Gasteiger partial charge on any atom is -0.347 e. The number of nitrogens with one attached hydrogen (secondary N) is 1. The Bertz CT molecular complexity index is 426. The van der Waals surface area contributed by atoms with Crippen molar-refractivity contribution in [2.45, 2.75) is 25.7 Å². The van der Waals surface area contributed by atoms with E-state index in [1.807, 2.05) is 0 Å². The van der Waals surface area contributed by atoms with Crippen molar-refractivity contribution in [3.8, 4) is 0 Å². The molecule has 17 heavy (non-hydrogen) atoms. The van der Waals surface area contributed by atoms with Crippen LogP contribution in [0.2, 0.25) is 0 Å². The van der Waals surface area contributed by atoms with Crippen molar-refractivity contribution in [3.63, 3.8) is 0 Å². The predicted octanol–water partition coefficient (Wildman–Crippen LogP) is 2.42. The second-order valence-corrected chi connectivity index (χ2v) is 5.72. The average molecular weight is 228 g/mol. The highest BCUT2D eigenvalue weighted by atomic mass is 15.2. The first-order chi connectivity index (χ1) is 8.43. The maximum atomic E-state index is 3.54. The molecular weight excluding hydrogens is 208 g/mol. The summed E-state index contributed by atoms with van der Waals surface area (Å²) in [6, 6.07) is 0. The molecule has 0 bridgehead atoms. The number of hydrogen-bond acceptors (Lipinski definition) is 2. The van der Waals surface area contributed by atoms with Crippen LogP contribution in [0.15, 0.2) is 35.2 Å². The lowest BCUT2D eigenvalue weighted by Gasteiger charge is -2.35. The first-order valence-electron chi connectivity index (χ1n) is 7.01. The van der Waals surface area contributed by atoms with Crippen molar-refractivity contribution in [2.24, 2.45) is 11.8 Å². The third-order valence-corrected chi connectivity index (χ3v) is 4.55. The second-order valence-electron chi connectivity index (χ2n) is 5.72. The van der Waals surface area contributed by atoms with Crippen LogP contribution < -0.4 is 5.32 Å². The van der Waals surface area contributed by atoms with Gasteiger partial charge in [-0.25, -0.2) is 0 Å². The summed E-state index contributed by atoms with van der Waals surface area (Å²) in [5.74, 6) is 1.73. The summed E-state index contributed by atoms with van der Waals surface area (Å²) in [5, 5.41) is 3.54. The van der Waals surface area contributed by atoms with E-state index in [-0.39, 0.29) is 0 Å². The molecule has 0 amide bonds. The van der Waals surface area contributed by atoms with E-state index in [1.165, 1.54) is 25.7 Å². The third-order valence-electron chi connectivity index (χ3n) is 4.55. The fourth-order valence-electron chi connectivity index (χ4n) is 3.57. The summed E-state index contributed by atoms with van der Waals surface area (Å²) in [6.07, 6.45) is 12.7. The summed E-state index contributed by atoms with van der Waals surface area (Å²) in [4.78, 5) is 2.49. The van der Waals surface area contributed by atoms with Crippen LogP contribution in [0.5, 0.6) is 0 Å². The van der Waals surface area contributed by atoms with Crippen molar-refractivity contribution in [2.75, 3.05) is 19.6 Å². The zero-order valence-corrected chi connectivity index (χ0v) is 10.3. The van der Waals surface area contributed by atoms with Crippen LogP contribution >= 0.6 is 0 Å². The van der Waals surface area contributed by atoms with Gasteiger partial charge in [-0.15, -0.1) is 0 Å². The number of rotatable bonds is 1. The third kappa shape index (κ3) is 1.58. The van der Waals surface area contributed by atoms with Crippen LogP contribution in [0.4, 0.5) is 0 Å². The van der Waals surface area contributed by atoms with Crippen molar-refractivity contribution in [1.82, 2.24) is 10.2 Å². The standard InChI is InChI=1S/C15H20N2/c1-2-12-10-16-7-9-17-8-6-13(11-4-5-11)14(3-1)15(12)17/h2,6,8,11,13,16H,1,3-5,7,9-10H2/t13-/m1/s1. The molecule has 0 radical (unpaired) electrons. The van der Waals surface area contributed by atoms with Crippen LogP contribution in [0, 0.1) is 11.8 Å². The van der Waals surface area contributed by atoms with Gasteiger partial charge in [-0.3, -0.25) is 0 Å². The Morgan fingerprint density at radius 1 is 1.29 bits per heavy atom. The minimum absolute atomic E-state index is 0.767. The molecule has 2 heterocycles. The van der Waals surface area contributed by atoms with Crippen LogP contribution in [0.3, 0.4) is 0 Å². The van der Waals surface area contributed by atoms with E-state index < -0.39 is 0 Å². The van der Waals surface area contributed by atoms with E-state index in [1.54, 1.807) is 16.8 Å². The SMILES string of the molecule is C1=CN2CCNCC3=CCCC(=C32)[C@H]1C1CC1. The normalized spacial score (nSPS) is 32.1. The topological polar surface area (TPSA) is 15.3 Å². The summed E-state index contributed by atoms with van der Waals surface area (Å²) in [5.41, 5.74) is 4.88. The molecule has 2 aliphatic heterocycles. The molecule has 0 aromatic rings. The molecule has 2 fully saturated rings. The lowest BCUT2D eigenvalue weighted by atomic mass is 9.82. The van der Waals surface area contributed by atoms with E-state index in [2.05, 4.69) is 28.6 Å². The Morgan fingerprint density at radius 3 is 3.12 bits per heavy atom. The molecule has 2 nitrogen and oxygen atoms in total. The first kappa shape index (κ1) is 9.95. The molecule has 0 unspecified atom stereocenters. The van der Waals surface area contributed by atoms with E-state index in [0.29, 0.717) is 0 Å². The second kappa shape index (κ2) is 3.74. The number of nitrogens with zero attached hydrogens (tertiary/aromatic N) is 1. The highest BCUT2D eigenvalue weighted by molar-refractivity contribution is 5.45. The van der Waals surface area contributed by atoms with E-state index >= 15 is 0 Å². The highest BCUT2D eigenvalue weighted by Gasteiger charge is 2.37. The van der Waals surface area contributed by atoms with Crippen LogP contribution in [0.25, 0.3) is 0 Å². The van der Waals surface area contributed by atoms with Crippen molar-refractivity contribution < 1.29 is 0 Å². The smallest absolute Gasteiger partial charge is 0.0446 e. The van der Waals surface area contributed by atoms with Gasteiger partial charge in [-0.1, -0.05) is 12.2 Å². The van der Waals surface area contributed by atoms with Gasteiger partial charge < -0.3 is 10.2 Å². The quantitative estimate of drug-likeness (QED) is 0.741. The molecule has 2 heteroatoms. The van der Waals surface area contributed by atoms with Gasteiger partial charge in [0.05, 0.1) is 0 Å². The Morgan fingerprint density at radius 2 is 2.24 bits per heavy atom. The first-order valence-corrected chi connectivity index (χ1v) is 7.01. The fraction of sp³-hybridized carbons (Fsp3) is 0.600. The lowest BCUT2D eigenvalue weighted by molar-refractivity contribution is 0.436. The Labute approximate surface area is 103 Å². The van der Waals surface area contributed by atoms with Gasteiger partial charge in [0, 0.05) is 37.4 Å². The van der Waals surface area contributed by atoms with Gasteiger partial charge in [0.2, 0.25) is 0 Å². The van der Waals surface area contributed by atoms with Gasteiger partial charge in [-0.05, 0) is 42.7 Å². The Balaban J connectivity index is 1.78. The minimum atomic E-state index is 0.767. The maximum absolute atomic E-state index is 3.54. The molecule has 0 aromatic heterocycles. The van der Waals surface area contributed by atoms with Crippen molar-refractivity contribution in [3.05, 3.63) is 35.2 Å². The molecule has 0 aromatic carbocycles. The molecule has 1 saturated heterocycles. The summed E-state index contributed by atoms with van der Waals surface area (Å²) in [6.45, 7) is 3.30. The molecule has 0 spiro atoms. The molecule has 90 valence electrons. The van der Waals surface area contributed by atoms with E-state index in [0.717, 1.165) is 31.5 Å². The zero-order chi connectivity index (χ0) is 11.2. The predicted molar refractivity (Wildman–Crippen MR) is 69.3 cm³/mol. The number of hydrogen-bond donors (Lipinski definition) is 1. The maximum Gasteiger partial charge on any atom is 0.0446 e.